The Hall–Kier alpha value is -0.120. The van der Waals surface area contributed by atoms with Crippen LogP contribution in [0.25, 0.3) is 0 Å². The van der Waals surface area contributed by atoms with E-state index in [2.05, 4.69) is 15.5 Å². The van der Waals surface area contributed by atoms with E-state index in [0.29, 0.717) is 0 Å². The maximum absolute atomic E-state index is 3.42. The summed E-state index contributed by atoms with van der Waals surface area (Å²) in [5.41, 5.74) is 0. The molecule has 104 valence electrons. The van der Waals surface area contributed by atoms with Crippen LogP contribution in [0.2, 0.25) is 0 Å². The lowest BCUT2D eigenvalue weighted by Gasteiger charge is -2.32. The van der Waals surface area contributed by atoms with Crippen molar-refractivity contribution in [2.45, 2.75) is 40.5 Å². The first kappa shape index (κ1) is 16.9. The smallest absolute Gasteiger partial charge is 0.0107 e. The van der Waals surface area contributed by atoms with E-state index in [4.69, 9.17) is 0 Å². The summed E-state index contributed by atoms with van der Waals surface area (Å²) >= 11 is 0. The van der Waals surface area contributed by atoms with Crippen LogP contribution in [-0.2, 0) is 0 Å². The number of nitrogens with zero attached hydrogens (tertiary/aromatic N) is 1. The van der Waals surface area contributed by atoms with E-state index in [1.165, 1.54) is 58.7 Å². The van der Waals surface area contributed by atoms with E-state index in [9.17, 15) is 0 Å². The van der Waals surface area contributed by atoms with Crippen molar-refractivity contribution in [3.05, 3.63) is 0 Å². The predicted octanol–water partition coefficient (Wildman–Crippen LogP) is 1.94. The number of hydrogen-bond donors (Lipinski definition) is 2. The molecule has 0 saturated carbocycles. The van der Waals surface area contributed by atoms with Gasteiger partial charge in [0.25, 0.3) is 0 Å². The molecule has 2 rings (SSSR count). The molecule has 0 aromatic rings. The first-order chi connectivity index (χ1) is 8.45. The van der Waals surface area contributed by atoms with Gasteiger partial charge in [-0.1, -0.05) is 27.7 Å². The molecule has 0 spiro atoms. The van der Waals surface area contributed by atoms with Gasteiger partial charge in [-0.25, -0.2) is 0 Å². The molecule has 3 heteroatoms. The molecule has 0 radical (unpaired) electrons. The lowest BCUT2D eigenvalue weighted by Crippen LogP contribution is -2.46. The van der Waals surface area contributed by atoms with E-state index < -0.39 is 0 Å². The third-order valence-electron chi connectivity index (χ3n) is 3.18. The van der Waals surface area contributed by atoms with Crippen LogP contribution >= 0.6 is 0 Å². The summed E-state index contributed by atoms with van der Waals surface area (Å²) in [6.07, 6.45) is 2.76. The second-order valence-corrected chi connectivity index (χ2v) is 4.24. The SMILES string of the molecule is C1CC(CN2CCNCC2)CCN1.CC.CC. The molecule has 2 heterocycles. The summed E-state index contributed by atoms with van der Waals surface area (Å²) in [5, 5.41) is 6.82. The van der Waals surface area contributed by atoms with Crippen molar-refractivity contribution in [1.82, 2.24) is 15.5 Å². The largest absolute Gasteiger partial charge is 0.317 e. The highest BCUT2D eigenvalue weighted by atomic mass is 15.2. The predicted molar refractivity (Wildman–Crippen MR) is 77.6 cm³/mol. The normalized spacial score (nSPS) is 21.9. The Labute approximate surface area is 108 Å². The topological polar surface area (TPSA) is 27.3 Å². The highest BCUT2D eigenvalue weighted by Crippen LogP contribution is 2.13. The molecule has 2 saturated heterocycles. The molecule has 0 bridgehead atoms. The van der Waals surface area contributed by atoms with Gasteiger partial charge < -0.3 is 15.5 Å². The van der Waals surface area contributed by atoms with Gasteiger partial charge in [-0.05, 0) is 31.8 Å². The quantitative estimate of drug-likeness (QED) is 0.776. The zero-order valence-corrected chi connectivity index (χ0v) is 12.4. The standard InChI is InChI=1S/C10H21N3.2C2H6/c1-3-11-4-2-10(1)9-13-7-5-12-6-8-13;2*1-2/h10-12H,1-9H2;2*1-2H3. The lowest BCUT2D eigenvalue weighted by molar-refractivity contribution is 0.186. The number of nitrogens with one attached hydrogen (secondary N) is 2. The van der Waals surface area contributed by atoms with Crippen LogP contribution in [0, 0.1) is 5.92 Å². The minimum absolute atomic E-state index is 0.958. The van der Waals surface area contributed by atoms with Crippen LogP contribution in [0.3, 0.4) is 0 Å². The molecule has 3 nitrogen and oxygen atoms in total. The Morgan fingerprint density at radius 1 is 0.824 bits per heavy atom. The minimum Gasteiger partial charge on any atom is -0.317 e. The lowest BCUT2D eigenvalue weighted by atomic mass is 9.97. The summed E-state index contributed by atoms with van der Waals surface area (Å²) in [5.74, 6) is 0.958. The van der Waals surface area contributed by atoms with Crippen LogP contribution in [0.1, 0.15) is 40.5 Å². The molecular weight excluding hydrogens is 210 g/mol. The molecular formula is C14H33N3. The van der Waals surface area contributed by atoms with Crippen LogP contribution in [0.15, 0.2) is 0 Å². The fourth-order valence-electron chi connectivity index (χ4n) is 2.32. The molecule has 2 N–H and O–H groups in total. The van der Waals surface area contributed by atoms with Crippen molar-refractivity contribution in [1.29, 1.82) is 0 Å². The van der Waals surface area contributed by atoms with Gasteiger partial charge in [-0.2, -0.15) is 0 Å². The van der Waals surface area contributed by atoms with Crippen LogP contribution in [-0.4, -0.2) is 50.7 Å². The average molecular weight is 243 g/mol. The van der Waals surface area contributed by atoms with Gasteiger partial charge in [0.15, 0.2) is 0 Å². The molecule has 17 heavy (non-hydrogen) atoms. The number of piperazine rings is 1. The fourth-order valence-corrected chi connectivity index (χ4v) is 2.32. The molecule has 0 atom stereocenters. The number of rotatable bonds is 2. The average Bonchev–Trinajstić information content (AvgIpc) is 2.45. The molecule has 2 aliphatic heterocycles. The van der Waals surface area contributed by atoms with Crippen LogP contribution in [0.5, 0.6) is 0 Å². The number of piperidine rings is 1. The molecule has 0 aliphatic carbocycles. The summed E-state index contributed by atoms with van der Waals surface area (Å²) in [6.45, 7) is 16.7. The Bertz CT molecular complexity index is 122. The summed E-state index contributed by atoms with van der Waals surface area (Å²) in [4.78, 5) is 2.62. The molecule has 0 unspecified atom stereocenters. The van der Waals surface area contributed by atoms with Gasteiger partial charge in [-0.3, -0.25) is 0 Å². The van der Waals surface area contributed by atoms with Crippen LogP contribution < -0.4 is 10.6 Å². The third kappa shape index (κ3) is 7.74. The van der Waals surface area contributed by atoms with Crippen molar-refractivity contribution < 1.29 is 0 Å². The van der Waals surface area contributed by atoms with Crippen molar-refractivity contribution in [3.8, 4) is 0 Å². The molecule has 0 aromatic heterocycles. The van der Waals surface area contributed by atoms with Gasteiger partial charge in [0.2, 0.25) is 0 Å². The van der Waals surface area contributed by atoms with Gasteiger partial charge in [0.05, 0.1) is 0 Å². The summed E-state index contributed by atoms with van der Waals surface area (Å²) in [6, 6.07) is 0. The minimum atomic E-state index is 0.958. The first-order valence-electron chi connectivity index (χ1n) is 7.59. The maximum atomic E-state index is 3.42. The number of hydrogen-bond acceptors (Lipinski definition) is 3. The zero-order chi connectivity index (χ0) is 12.9. The van der Waals surface area contributed by atoms with Gasteiger partial charge in [0, 0.05) is 32.7 Å². The van der Waals surface area contributed by atoms with Crippen molar-refractivity contribution in [2.75, 3.05) is 45.8 Å². The Kier molecular flexibility index (Phi) is 12.3. The Balaban J connectivity index is 0.000000581. The van der Waals surface area contributed by atoms with E-state index in [-0.39, 0.29) is 0 Å². The third-order valence-corrected chi connectivity index (χ3v) is 3.18. The fraction of sp³-hybridized carbons (Fsp3) is 1.00. The van der Waals surface area contributed by atoms with Crippen molar-refractivity contribution in [3.63, 3.8) is 0 Å². The van der Waals surface area contributed by atoms with Crippen LogP contribution in [0.4, 0.5) is 0 Å². The molecule has 0 amide bonds. The first-order valence-corrected chi connectivity index (χ1v) is 7.59. The second-order valence-electron chi connectivity index (χ2n) is 4.24. The summed E-state index contributed by atoms with van der Waals surface area (Å²) < 4.78 is 0. The molecule has 0 aromatic carbocycles. The highest BCUT2D eigenvalue weighted by molar-refractivity contribution is 4.75. The second kappa shape index (κ2) is 12.3. The van der Waals surface area contributed by atoms with E-state index in [1.54, 1.807) is 0 Å². The van der Waals surface area contributed by atoms with Gasteiger partial charge in [-0.15, -0.1) is 0 Å². The monoisotopic (exact) mass is 243 g/mol. The molecule has 2 aliphatic rings. The summed E-state index contributed by atoms with van der Waals surface area (Å²) in [7, 11) is 0. The maximum Gasteiger partial charge on any atom is 0.0107 e. The van der Waals surface area contributed by atoms with E-state index >= 15 is 0 Å². The van der Waals surface area contributed by atoms with Gasteiger partial charge in [0.1, 0.15) is 0 Å². The molecule has 2 fully saturated rings. The zero-order valence-electron chi connectivity index (χ0n) is 12.4. The van der Waals surface area contributed by atoms with Gasteiger partial charge >= 0.3 is 0 Å². The Morgan fingerprint density at radius 3 is 1.82 bits per heavy atom. The van der Waals surface area contributed by atoms with Crippen molar-refractivity contribution in [2.24, 2.45) is 5.92 Å². The highest BCUT2D eigenvalue weighted by Gasteiger charge is 2.17. The van der Waals surface area contributed by atoms with Crippen molar-refractivity contribution >= 4 is 0 Å². The van der Waals surface area contributed by atoms with E-state index in [0.717, 1.165) is 5.92 Å². The van der Waals surface area contributed by atoms with E-state index in [1.807, 2.05) is 27.7 Å². The Morgan fingerprint density at radius 2 is 1.29 bits per heavy atom.